The molecular formula is C12H15N3O. The maximum atomic E-state index is 5.04. The van der Waals surface area contributed by atoms with Crippen LogP contribution in [0, 0.1) is 0 Å². The van der Waals surface area contributed by atoms with E-state index >= 15 is 0 Å². The Hall–Kier alpha value is -1.97. The Morgan fingerprint density at radius 1 is 1.44 bits per heavy atom. The van der Waals surface area contributed by atoms with Crippen LogP contribution in [0.2, 0.25) is 0 Å². The van der Waals surface area contributed by atoms with Crippen LogP contribution in [0.1, 0.15) is 5.56 Å². The van der Waals surface area contributed by atoms with Crippen molar-refractivity contribution in [2.45, 2.75) is 6.54 Å². The number of furan rings is 1. The number of nitrogens with zero attached hydrogens (tertiary/aromatic N) is 2. The van der Waals surface area contributed by atoms with Crippen molar-refractivity contribution < 1.29 is 4.42 Å². The minimum absolute atomic E-state index is 0.811. The van der Waals surface area contributed by atoms with E-state index < -0.39 is 0 Å². The van der Waals surface area contributed by atoms with Crippen LogP contribution in [0.25, 0.3) is 0 Å². The third kappa shape index (κ3) is 2.34. The Morgan fingerprint density at radius 3 is 3.00 bits per heavy atom. The van der Waals surface area contributed by atoms with Crippen LogP contribution in [0.5, 0.6) is 0 Å². The highest BCUT2D eigenvalue weighted by molar-refractivity contribution is 5.55. The highest BCUT2D eigenvalue weighted by Crippen LogP contribution is 2.18. The maximum absolute atomic E-state index is 5.04. The van der Waals surface area contributed by atoms with Crippen LogP contribution in [-0.2, 0) is 6.54 Å². The monoisotopic (exact) mass is 217 g/mol. The minimum atomic E-state index is 0.811. The molecule has 16 heavy (non-hydrogen) atoms. The van der Waals surface area contributed by atoms with Crippen molar-refractivity contribution in [3.8, 4) is 0 Å². The van der Waals surface area contributed by atoms with E-state index in [4.69, 9.17) is 4.42 Å². The van der Waals surface area contributed by atoms with Gasteiger partial charge in [0.1, 0.15) is 0 Å². The lowest BCUT2D eigenvalue weighted by molar-refractivity contribution is 0.563. The molecule has 0 bridgehead atoms. The first-order chi connectivity index (χ1) is 7.79. The molecule has 0 atom stereocenters. The summed E-state index contributed by atoms with van der Waals surface area (Å²) in [5, 5.41) is 3.07. The summed E-state index contributed by atoms with van der Waals surface area (Å²) in [5.74, 6) is 0. The largest absolute Gasteiger partial charge is 0.472 e. The zero-order chi connectivity index (χ0) is 11.4. The van der Waals surface area contributed by atoms with E-state index in [0.717, 1.165) is 23.5 Å². The van der Waals surface area contributed by atoms with Crippen molar-refractivity contribution in [2.75, 3.05) is 24.3 Å². The van der Waals surface area contributed by atoms with E-state index in [9.17, 15) is 0 Å². The molecule has 2 aromatic rings. The first-order valence-corrected chi connectivity index (χ1v) is 5.14. The van der Waals surface area contributed by atoms with E-state index in [2.05, 4.69) is 21.3 Å². The van der Waals surface area contributed by atoms with Crippen molar-refractivity contribution in [1.82, 2.24) is 4.98 Å². The van der Waals surface area contributed by atoms with Crippen molar-refractivity contribution in [3.05, 3.63) is 42.6 Å². The molecule has 0 saturated carbocycles. The second-order valence-corrected chi connectivity index (χ2v) is 3.67. The van der Waals surface area contributed by atoms with Crippen LogP contribution in [-0.4, -0.2) is 19.1 Å². The Kier molecular flexibility index (Phi) is 3.10. The van der Waals surface area contributed by atoms with Gasteiger partial charge in [-0.25, -0.2) is 0 Å². The van der Waals surface area contributed by atoms with Crippen LogP contribution in [0.3, 0.4) is 0 Å². The van der Waals surface area contributed by atoms with Gasteiger partial charge in [-0.05, 0) is 12.1 Å². The number of hydrogen-bond acceptors (Lipinski definition) is 4. The van der Waals surface area contributed by atoms with E-state index in [-0.39, 0.29) is 0 Å². The number of anilines is 2. The molecule has 0 aromatic carbocycles. The van der Waals surface area contributed by atoms with Gasteiger partial charge >= 0.3 is 0 Å². The lowest BCUT2D eigenvalue weighted by Crippen LogP contribution is -2.16. The molecule has 0 aliphatic heterocycles. The van der Waals surface area contributed by atoms with Gasteiger partial charge in [-0.1, -0.05) is 0 Å². The highest BCUT2D eigenvalue weighted by Gasteiger charge is 2.04. The van der Waals surface area contributed by atoms with Crippen molar-refractivity contribution in [3.63, 3.8) is 0 Å². The molecule has 2 heterocycles. The second-order valence-electron chi connectivity index (χ2n) is 3.67. The molecule has 0 unspecified atom stereocenters. The van der Waals surface area contributed by atoms with Crippen molar-refractivity contribution in [1.29, 1.82) is 0 Å². The van der Waals surface area contributed by atoms with Gasteiger partial charge in [0, 0.05) is 26.2 Å². The van der Waals surface area contributed by atoms with E-state index in [1.165, 1.54) is 0 Å². The Morgan fingerprint density at radius 2 is 2.31 bits per heavy atom. The quantitative estimate of drug-likeness (QED) is 0.853. The van der Waals surface area contributed by atoms with E-state index in [1.807, 2.05) is 26.4 Å². The Balaban J connectivity index is 2.11. The summed E-state index contributed by atoms with van der Waals surface area (Å²) in [6.45, 7) is 0.811. The first kappa shape index (κ1) is 10.5. The van der Waals surface area contributed by atoms with Crippen molar-refractivity contribution >= 4 is 11.4 Å². The van der Waals surface area contributed by atoms with Gasteiger partial charge in [0.2, 0.25) is 0 Å². The predicted molar refractivity (Wildman–Crippen MR) is 64.6 cm³/mol. The normalized spacial score (nSPS) is 10.1. The standard InChI is InChI=1S/C12H15N3O/c1-13-11-5-12(7-14-6-11)15(2)8-10-3-4-16-9-10/h3-7,9,13H,8H2,1-2H3. The van der Waals surface area contributed by atoms with Gasteiger partial charge in [0.15, 0.2) is 0 Å². The predicted octanol–water partition coefficient (Wildman–Crippen LogP) is 2.35. The molecule has 0 fully saturated rings. The van der Waals surface area contributed by atoms with E-state index in [1.54, 1.807) is 18.7 Å². The summed E-state index contributed by atoms with van der Waals surface area (Å²) < 4.78 is 5.04. The molecule has 4 heteroatoms. The lowest BCUT2D eigenvalue weighted by atomic mass is 10.3. The van der Waals surface area contributed by atoms with Gasteiger partial charge in [0.05, 0.1) is 36.3 Å². The Labute approximate surface area is 94.9 Å². The summed E-state index contributed by atoms with van der Waals surface area (Å²) in [4.78, 5) is 6.30. The topological polar surface area (TPSA) is 41.3 Å². The molecule has 84 valence electrons. The van der Waals surface area contributed by atoms with Crippen LogP contribution in [0.15, 0.2) is 41.5 Å². The fourth-order valence-corrected chi connectivity index (χ4v) is 1.52. The van der Waals surface area contributed by atoms with Gasteiger partial charge in [-0.3, -0.25) is 4.98 Å². The average Bonchev–Trinajstić information content (AvgIpc) is 2.82. The minimum Gasteiger partial charge on any atom is -0.472 e. The van der Waals surface area contributed by atoms with Crippen LogP contribution >= 0.6 is 0 Å². The molecule has 0 amide bonds. The molecule has 0 spiro atoms. The fourth-order valence-electron chi connectivity index (χ4n) is 1.52. The number of pyridine rings is 1. The summed E-state index contributed by atoms with van der Waals surface area (Å²) in [5.41, 5.74) is 3.24. The van der Waals surface area contributed by atoms with Gasteiger partial charge < -0.3 is 14.6 Å². The molecule has 2 aromatic heterocycles. The number of rotatable bonds is 4. The molecule has 0 saturated heterocycles. The molecule has 1 N–H and O–H groups in total. The number of nitrogens with one attached hydrogen (secondary N) is 1. The molecule has 0 radical (unpaired) electrons. The van der Waals surface area contributed by atoms with Gasteiger partial charge in [-0.15, -0.1) is 0 Å². The Bertz CT molecular complexity index is 439. The van der Waals surface area contributed by atoms with Crippen LogP contribution in [0.4, 0.5) is 11.4 Å². The third-order valence-electron chi connectivity index (χ3n) is 2.45. The lowest BCUT2D eigenvalue weighted by Gasteiger charge is -2.18. The van der Waals surface area contributed by atoms with Crippen LogP contribution < -0.4 is 10.2 Å². The summed E-state index contributed by atoms with van der Waals surface area (Å²) in [7, 11) is 3.92. The number of aromatic nitrogens is 1. The average molecular weight is 217 g/mol. The summed E-state index contributed by atoms with van der Waals surface area (Å²) >= 11 is 0. The number of hydrogen-bond donors (Lipinski definition) is 1. The zero-order valence-electron chi connectivity index (χ0n) is 9.47. The molecule has 4 nitrogen and oxygen atoms in total. The van der Waals surface area contributed by atoms with Gasteiger partial charge in [0.25, 0.3) is 0 Å². The van der Waals surface area contributed by atoms with Gasteiger partial charge in [-0.2, -0.15) is 0 Å². The molecule has 0 aliphatic rings. The third-order valence-corrected chi connectivity index (χ3v) is 2.45. The van der Waals surface area contributed by atoms with E-state index in [0.29, 0.717) is 0 Å². The zero-order valence-corrected chi connectivity index (χ0v) is 9.47. The fraction of sp³-hybridized carbons (Fsp3) is 0.250. The maximum Gasteiger partial charge on any atom is 0.0952 e. The molecule has 0 aliphatic carbocycles. The SMILES string of the molecule is CNc1cncc(N(C)Cc2ccoc2)c1. The molecule has 2 rings (SSSR count). The summed E-state index contributed by atoms with van der Waals surface area (Å²) in [6.07, 6.45) is 7.09. The second kappa shape index (κ2) is 4.70. The molecular weight excluding hydrogens is 202 g/mol. The first-order valence-electron chi connectivity index (χ1n) is 5.14. The smallest absolute Gasteiger partial charge is 0.0952 e. The van der Waals surface area contributed by atoms with Crippen molar-refractivity contribution in [2.24, 2.45) is 0 Å². The summed E-state index contributed by atoms with van der Waals surface area (Å²) in [6, 6.07) is 4.03. The highest BCUT2D eigenvalue weighted by atomic mass is 16.3.